The van der Waals surface area contributed by atoms with E-state index in [0.29, 0.717) is 39.0 Å². The molecule has 1 aromatic carbocycles. The highest BCUT2D eigenvalue weighted by Crippen LogP contribution is 2.41. The fourth-order valence-electron chi connectivity index (χ4n) is 3.07. The molecule has 1 N–H and O–H groups in total. The number of piperazine rings is 1. The molecule has 0 unspecified atom stereocenters. The van der Waals surface area contributed by atoms with E-state index in [-0.39, 0.29) is 11.6 Å². The highest BCUT2D eigenvalue weighted by atomic mass is 19.4. The largest absolute Gasteiger partial charge is 0.416 e. The second kappa shape index (κ2) is 7.31. The zero-order chi connectivity index (χ0) is 18.0. The van der Waals surface area contributed by atoms with Gasteiger partial charge in [0.2, 0.25) is 0 Å². The van der Waals surface area contributed by atoms with E-state index in [1.54, 1.807) is 0 Å². The molecular formula is C16H20F6N2. The zero-order valence-corrected chi connectivity index (χ0v) is 13.3. The summed E-state index contributed by atoms with van der Waals surface area (Å²) in [6, 6.07) is 1.44. The molecule has 0 bridgehead atoms. The van der Waals surface area contributed by atoms with Gasteiger partial charge in [0.1, 0.15) is 0 Å². The topological polar surface area (TPSA) is 15.3 Å². The lowest BCUT2D eigenvalue weighted by atomic mass is 9.93. The van der Waals surface area contributed by atoms with Gasteiger partial charge in [-0.05, 0) is 24.1 Å². The van der Waals surface area contributed by atoms with Crippen molar-refractivity contribution in [2.75, 3.05) is 26.2 Å². The third-order valence-electron chi connectivity index (χ3n) is 4.20. The number of halogens is 6. The Morgan fingerprint density at radius 1 is 1.04 bits per heavy atom. The molecule has 1 aromatic rings. The predicted octanol–water partition coefficient (Wildman–Crippen LogP) is 4.47. The van der Waals surface area contributed by atoms with Crippen LogP contribution >= 0.6 is 0 Å². The summed E-state index contributed by atoms with van der Waals surface area (Å²) in [4.78, 5) is 1.91. The van der Waals surface area contributed by atoms with Gasteiger partial charge < -0.3 is 5.32 Å². The monoisotopic (exact) mass is 354 g/mol. The Morgan fingerprint density at radius 3 is 2.17 bits per heavy atom. The highest BCUT2D eigenvalue weighted by molar-refractivity contribution is 5.37. The maximum atomic E-state index is 13.4. The van der Waals surface area contributed by atoms with E-state index < -0.39 is 29.5 Å². The van der Waals surface area contributed by atoms with Crippen molar-refractivity contribution < 1.29 is 26.3 Å². The van der Waals surface area contributed by atoms with E-state index in [1.807, 2.05) is 11.8 Å². The van der Waals surface area contributed by atoms with E-state index in [9.17, 15) is 26.3 Å². The summed E-state index contributed by atoms with van der Waals surface area (Å²) < 4.78 is 78.6. The van der Waals surface area contributed by atoms with Crippen molar-refractivity contribution in [3.8, 4) is 0 Å². The number of rotatable bonds is 4. The molecule has 0 aliphatic carbocycles. The normalized spacial score (nSPS) is 18.6. The first-order valence-corrected chi connectivity index (χ1v) is 7.87. The van der Waals surface area contributed by atoms with Crippen LogP contribution < -0.4 is 5.32 Å². The fraction of sp³-hybridized carbons (Fsp3) is 0.625. The van der Waals surface area contributed by atoms with Crippen LogP contribution in [0.5, 0.6) is 0 Å². The molecule has 1 saturated heterocycles. The molecule has 1 aliphatic rings. The first-order valence-electron chi connectivity index (χ1n) is 7.87. The molecule has 0 radical (unpaired) electrons. The minimum atomic E-state index is -4.82. The van der Waals surface area contributed by atoms with Gasteiger partial charge in [0.05, 0.1) is 11.1 Å². The van der Waals surface area contributed by atoms with Crippen LogP contribution in [0.25, 0.3) is 0 Å². The first kappa shape index (κ1) is 19.1. The smallest absolute Gasteiger partial charge is 0.314 e. The Hall–Kier alpha value is -1.28. The first-order chi connectivity index (χ1) is 11.1. The van der Waals surface area contributed by atoms with Crippen LogP contribution in [0.2, 0.25) is 0 Å². The summed E-state index contributed by atoms with van der Waals surface area (Å²) >= 11 is 0. The van der Waals surface area contributed by atoms with Crippen molar-refractivity contribution in [2.24, 2.45) is 0 Å². The lowest BCUT2D eigenvalue weighted by molar-refractivity contribution is -0.143. The quantitative estimate of drug-likeness (QED) is 0.803. The Kier molecular flexibility index (Phi) is 5.80. The van der Waals surface area contributed by atoms with Crippen molar-refractivity contribution in [1.29, 1.82) is 0 Å². The number of nitrogens with one attached hydrogen (secondary N) is 1. The molecule has 0 spiro atoms. The van der Waals surface area contributed by atoms with Gasteiger partial charge in [0.25, 0.3) is 0 Å². The van der Waals surface area contributed by atoms with E-state index in [0.717, 1.165) is 12.1 Å². The summed E-state index contributed by atoms with van der Waals surface area (Å²) in [5.74, 6) is 0. The molecule has 0 amide bonds. The van der Waals surface area contributed by atoms with Crippen molar-refractivity contribution >= 4 is 0 Å². The Bertz CT molecular complexity index is 546. The van der Waals surface area contributed by atoms with Gasteiger partial charge in [0, 0.05) is 32.2 Å². The Balaban J connectivity index is 2.48. The van der Waals surface area contributed by atoms with Crippen molar-refractivity contribution in [1.82, 2.24) is 10.2 Å². The molecule has 1 atom stereocenters. The fourth-order valence-corrected chi connectivity index (χ4v) is 3.07. The summed E-state index contributed by atoms with van der Waals surface area (Å²) in [6.45, 7) is 4.31. The molecule has 0 saturated carbocycles. The summed E-state index contributed by atoms with van der Waals surface area (Å²) in [7, 11) is 0. The van der Waals surface area contributed by atoms with Gasteiger partial charge in [-0.25, -0.2) is 0 Å². The van der Waals surface area contributed by atoms with E-state index in [2.05, 4.69) is 5.32 Å². The molecule has 2 rings (SSSR count). The SMILES string of the molecule is CCC[C@H](c1ccc(C(F)(F)F)cc1C(F)(F)F)N1CCNCC1. The number of alkyl halides is 6. The second-order valence-corrected chi connectivity index (χ2v) is 5.89. The maximum absolute atomic E-state index is 13.4. The van der Waals surface area contributed by atoms with Gasteiger partial charge in [-0.15, -0.1) is 0 Å². The van der Waals surface area contributed by atoms with Crippen LogP contribution in [-0.2, 0) is 12.4 Å². The van der Waals surface area contributed by atoms with Gasteiger partial charge in [0.15, 0.2) is 0 Å². The van der Waals surface area contributed by atoms with Gasteiger partial charge in [-0.1, -0.05) is 19.4 Å². The molecule has 1 fully saturated rings. The average molecular weight is 354 g/mol. The van der Waals surface area contributed by atoms with Crippen LogP contribution in [0.4, 0.5) is 26.3 Å². The lowest BCUT2D eigenvalue weighted by Gasteiger charge is -2.36. The van der Waals surface area contributed by atoms with Crippen LogP contribution in [0.3, 0.4) is 0 Å². The molecular weight excluding hydrogens is 334 g/mol. The number of benzene rings is 1. The van der Waals surface area contributed by atoms with Gasteiger partial charge in [-0.3, -0.25) is 4.90 Å². The second-order valence-electron chi connectivity index (χ2n) is 5.89. The van der Waals surface area contributed by atoms with E-state index in [1.165, 1.54) is 0 Å². The molecule has 136 valence electrons. The van der Waals surface area contributed by atoms with Crippen molar-refractivity contribution in [2.45, 2.75) is 38.2 Å². The van der Waals surface area contributed by atoms with Crippen LogP contribution in [0, 0.1) is 0 Å². The van der Waals surface area contributed by atoms with Crippen LogP contribution in [0.15, 0.2) is 18.2 Å². The van der Waals surface area contributed by atoms with Gasteiger partial charge in [-0.2, -0.15) is 26.3 Å². The zero-order valence-electron chi connectivity index (χ0n) is 13.3. The third kappa shape index (κ3) is 4.42. The van der Waals surface area contributed by atoms with E-state index in [4.69, 9.17) is 0 Å². The molecule has 1 aliphatic heterocycles. The molecule has 8 heteroatoms. The number of hydrogen-bond acceptors (Lipinski definition) is 2. The minimum Gasteiger partial charge on any atom is -0.314 e. The Labute approximate surface area is 136 Å². The summed E-state index contributed by atoms with van der Waals surface area (Å²) in [5, 5.41) is 3.12. The number of hydrogen-bond donors (Lipinski definition) is 1. The molecule has 0 aromatic heterocycles. The molecule has 24 heavy (non-hydrogen) atoms. The summed E-state index contributed by atoms with van der Waals surface area (Å²) in [6.07, 6.45) is -8.51. The van der Waals surface area contributed by atoms with Crippen LogP contribution in [-0.4, -0.2) is 31.1 Å². The average Bonchev–Trinajstić information content (AvgIpc) is 2.51. The van der Waals surface area contributed by atoms with Gasteiger partial charge >= 0.3 is 12.4 Å². The highest BCUT2D eigenvalue weighted by Gasteiger charge is 2.40. The Morgan fingerprint density at radius 2 is 1.67 bits per heavy atom. The minimum absolute atomic E-state index is 0.0701. The van der Waals surface area contributed by atoms with Crippen LogP contribution in [0.1, 0.15) is 42.5 Å². The van der Waals surface area contributed by atoms with E-state index >= 15 is 0 Å². The van der Waals surface area contributed by atoms with Crippen molar-refractivity contribution in [3.63, 3.8) is 0 Å². The maximum Gasteiger partial charge on any atom is 0.416 e. The predicted molar refractivity (Wildman–Crippen MR) is 78.5 cm³/mol. The molecule has 2 nitrogen and oxygen atoms in total. The number of nitrogens with zero attached hydrogens (tertiary/aromatic N) is 1. The molecule has 1 heterocycles. The van der Waals surface area contributed by atoms with Crippen molar-refractivity contribution in [3.05, 3.63) is 34.9 Å². The summed E-state index contributed by atoms with van der Waals surface area (Å²) in [5.41, 5.74) is -2.53. The standard InChI is InChI=1S/C16H20F6N2/c1-2-3-14(24-8-6-23-7-9-24)12-5-4-11(15(17,18)19)10-13(12)16(20,21)22/h4-5,10,14,23H,2-3,6-9H2,1H3/t14-/m1/s1. The third-order valence-corrected chi connectivity index (χ3v) is 4.20. The lowest BCUT2D eigenvalue weighted by Crippen LogP contribution is -2.45.